The number of carbonyl (C=O) groups excluding carboxylic acids is 1. The lowest BCUT2D eigenvalue weighted by atomic mass is 10.0. The molecule has 2 aliphatic rings. The van der Waals surface area contributed by atoms with Crippen molar-refractivity contribution >= 4 is 5.91 Å². The Bertz CT molecular complexity index is 513. The van der Waals surface area contributed by atoms with Gasteiger partial charge in [0.25, 0.3) is 0 Å². The van der Waals surface area contributed by atoms with E-state index in [1.807, 2.05) is 0 Å². The van der Waals surface area contributed by atoms with Crippen LogP contribution < -0.4 is 5.32 Å². The van der Waals surface area contributed by atoms with Gasteiger partial charge in [-0.05, 0) is 50.8 Å². The molecule has 0 aromatic heterocycles. The van der Waals surface area contributed by atoms with Gasteiger partial charge in [-0.2, -0.15) is 0 Å². The zero-order valence-corrected chi connectivity index (χ0v) is 14.9. The number of hydrogen-bond acceptors (Lipinski definition) is 3. The van der Waals surface area contributed by atoms with E-state index in [0.717, 1.165) is 58.5 Å². The summed E-state index contributed by atoms with van der Waals surface area (Å²) in [6.07, 6.45) is 4.07. The summed E-state index contributed by atoms with van der Waals surface area (Å²) in [5, 5.41) is 3.39. The van der Waals surface area contributed by atoms with Gasteiger partial charge in [0, 0.05) is 38.6 Å². The van der Waals surface area contributed by atoms with E-state index in [-0.39, 0.29) is 0 Å². The van der Waals surface area contributed by atoms with Crippen LogP contribution in [0.25, 0.3) is 0 Å². The zero-order chi connectivity index (χ0) is 16.8. The molecule has 2 aliphatic heterocycles. The Morgan fingerprint density at radius 1 is 1.17 bits per heavy atom. The first-order valence-corrected chi connectivity index (χ1v) is 9.49. The number of nitrogens with one attached hydrogen (secondary N) is 1. The molecule has 2 saturated heterocycles. The van der Waals surface area contributed by atoms with Gasteiger partial charge >= 0.3 is 0 Å². The minimum Gasteiger partial charge on any atom is -0.341 e. The van der Waals surface area contributed by atoms with Crippen molar-refractivity contribution in [1.82, 2.24) is 15.1 Å². The molecule has 24 heavy (non-hydrogen) atoms. The third-order valence-corrected chi connectivity index (χ3v) is 5.61. The number of nitrogens with zero attached hydrogens (tertiary/aromatic N) is 2. The number of benzene rings is 1. The molecular weight excluding hydrogens is 298 g/mol. The molecule has 2 atom stereocenters. The number of hydrogen-bond donors (Lipinski definition) is 1. The summed E-state index contributed by atoms with van der Waals surface area (Å²) in [7, 11) is 0. The normalized spacial score (nSPS) is 25.6. The molecule has 1 aromatic carbocycles. The lowest BCUT2D eigenvalue weighted by Crippen LogP contribution is -2.36. The molecule has 2 heterocycles. The lowest BCUT2D eigenvalue weighted by molar-refractivity contribution is -0.131. The largest absolute Gasteiger partial charge is 0.341 e. The Labute approximate surface area is 146 Å². The fraction of sp³-hybridized carbons (Fsp3) is 0.650. The summed E-state index contributed by atoms with van der Waals surface area (Å²) in [6.45, 7) is 8.25. The van der Waals surface area contributed by atoms with Gasteiger partial charge in [0.15, 0.2) is 0 Å². The molecule has 0 spiro atoms. The van der Waals surface area contributed by atoms with Crippen molar-refractivity contribution in [3.63, 3.8) is 0 Å². The molecule has 0 aliphatic carbocycles. The van der Waals surface area contributed by atoms with Crippen molar-refractivity contribution in [2.45, 2.75) is 45.2 Å². The highest BCUT2D eigenvalue weighted by atomic mass is 16.2. The molecule has 0 saturated carbocycles. The second-order valence-corrected chi connectivity index (χ2v) is 7.37. The summed E-state index contributed by atoms with van der Waals surface area (Å²) in [5.74, 6) is 1.06. The van der Waals surface area contributed by atoms with Gasteiger partial charge in [0.1, 0.15) is 0 Å². The van der Waals surface area contributed by atoms with Gasteiger partial charge in [-0.3, -0.25) is 9.69 Å². The Morgan fingerprint density at radius 2 is 2.00 bits per heavy atom. The summed E-state index contributed by atoms with van der Waals surface area (Å²) in [6, 6.07) is 11.2. The van der Waals surface area contributed by atoms with Crippen molar-refractivity contribution < 1.29 is 4.79 Å². The minimum absolute atomic E-state index is 0.357. The molecule has 0 bridgehead atoms. The van der Waals surface area contributed by atoms with E-state index in [9.17, 15) is 4.79 Å². The van der Waals surface area contributed by atoms with Crippen molar-refractivity contribution in [3.8, 4) is 0 Å². The highest BCUT2D eigenvalue weighted by Gasteiger charge is 2.24. The fourth-order valence-corrected chi connectivity index (χ4v) is 3.86. The first-order valence-electron chi connectivity index (χ1n) is 9.49. The molecule has 0 radical (unpaired) electrons. The average Bonchev–Trinajstić information content (AvgIpc) is 3.06. The Balaban J connectivity index is 1.48. The van der Waals surface area contributed by atoms with E-state index in [1.165, 1.54) is 12.0 Å². The maximum Gasteiger partial charge on any atom is 0.222 e. The summed E-state index contributed by atoms with van der Waals surface area (Å²) in [5.41, 5.74) is 1.36. The molecule has 4 nitrogen and oxygen atoms in total. The molecule has 4 heteroatoms. The number of amides is 1. The van der Waals surface area contributed by atoms with Crippen molar-refractivity contribution in [3.05, 3.63) is 35.9 Å². The number of rotatable bonds is 5. The predicted octanol–water partition coefficient (Wildman–Crippen LogP) is 2.50. The van der Waals surface area contributed by atoms with Gasteiger partial charge in [-0.15, -0.1) is 0 Å². The average molecular weight is 329 g/mol. The summed E-state index contributed by atoms with van der Waals surface area (Å²) < 4.78 is 0. The van der Waals surface area contributed by atoms with Crippen LogP contribution in [-0.2, 0) is 11.3 Å². The molecule has 1 amide bonds. The summed E-state index contributed by atoms with van der Waals surface area (Å²) in [4.78, 5) is 17.2. The maximum absolute atomic E-state index is 12.6. The van der Waals surface area contributed by atoms with Gasteiger partial charge in [-0.1, -0.05) is 30.3 Å². The van der Waals surface area contributed by atoms with Crippen LogP contribution in [0.3, 0.4) is 0 Å². The van der Waals surface area contributed by atoms with Gasteiger partial charge < -0.3 is 10.2 Å². The second-order valence-electron chi connectivity index (χ2n) is 7.37. The molecule has 1 aromatic rings. The molecular formula is C20H31N3O. The molecule has 3 rings (SSSR count). The SMILES string of the molecule is CC1CCN(C(=O)CCC2CCNC2)CCN1Cc1ccccc1. The van der Waals surface area contributed by atoms with E-state index in [2.05, 4.69) is 52.4 Å². The van der Waals surface area contributed by atoms with Crippen LogP contribution >= 0.6 is 0 Å². The molecule has 132 valence electrons. The number of carbonyl (C=O) groups is 1. The molecule has 2 unspecified atom stereocenters. The molecule has 1 N–H and O–H groups in total. The van der Waals surface area contributed by atoms with E-state index < -0.39 is 0 Å². The van der Waals surface area contributed by atoms with Gasteiger partial charge in [0.2, 0.25) is 5.91 Å². The van der Waals surface area contributed by atoms with E-state index >= 15 is 0 Å². The smallest absolute Gasteiger partial charge is 0.222 e. The van der Waals surface area contributed by atoms with Crippen LogP contribution in [-0.4, -0.2) is 54.5 Å². The summed E-state index contributed by atoms with van der Waals surface area (Å²) >= 11 is 0. The highest BCUT2D eigenvalue weighted by Crippen LogP contribution is 2.18. The zero-order valence-electron chi connectivity index (χ0n) is 14.9. The quantitative estimate of drug-likeness (QED) is 0.901. The third-order valence-electron chi connectivity index (χ3n) is 5.61. The second kappa shape index (κ2) is 8.63. The van der Waals surface area contributed by atoms with Crippen molar-refractivity contribution in [1.29, 1.82) is 0 Å². The first-order chi connectivity index (χ1) is 11.7. The van der Waals surface area contributed by atoms with Crippen LogP contribution in [0.15, 0.2) is 30.3 Å². The maximum atomic E-state index is 12.6. The van der Waals surface area contributed by atoms with E-state index in [4.69, 9.17) is 0 Å². The monoisotopic (exact) mass is 329 g/mol. The molecule has 2 fully saturated rings. The Kier molecular flexibility index (Phi) is 6.27. The highest BCUT2D eigenvalue weighted by molar-refractivity contribution is 5.76. The van der Waals surface area contributed by atoms with Crippen molar-refractivity contribution in [2.24, 2.45) is 5.92 Å². The van der Waals surface area contributed by atoms with E-state index in [0.29, 0.717) is 17.9 Å². The topological polar surface area (TPSA) is 35.6 Å². The fourth-order valence-electron chi connectivity index (χ4n) is 3.86. The predicted molar refractivity (Wildman–Crippen MR) is 97.7 cm³/mol. The van der Waals surface area contributed by atoms with Crippen LogP contribution in [0.5, 0.6) is 0 Å². The van der Waals surface area contributed by atoms with Gasteiger partial charge in [0.05, 0.1) is 0 Å². The van der Waals surface area contributed by atoms with Crippen molar-refractivity contribution in [2.75, 3.05) is 32.7 Å². The lowest BCUT2D eigenvalue weighted by Gasteiger charge is -2.26. The van der Waals surface area contributed by atoms with Crippen LogP contribution in [0.1, 0.15) is 38.2 Å². The van der Waals surface area contributed by atoms with E-state index in [1.54, 1.807) is 0 Å². The van der Waals surface area contributed by atoms with Crippen LogP contribution in [0, 0.1) is 5.92 Å². The standard InChI is InChI=1S/C20H31N3O/c1-17-10-12-22(20(24)8-7-18-9-11-21-15-18)13-14-23(17)16-19-5-3-2-4-6-19/h2-6,17-18,21H,7-16H2,1H3. The Morgan fingerprint density at radius 3 is 2.75 bits per heavy atom. The van der Waals surface area contributed by atoms with Crippen LogP contribution in [0.2, 0.25) is 0 Å². The third kappa shape index (κ3) is 4.81. The Hall–Kier alpha value is -1.39. The minimum atomic E-state index is 0.357. The van der Waals surface area contributed by atoms with Gasteiger partial charge in [-0.25, -0.2) is 0 Å². The van der Waals surface area contributed by atoms with Crippen LogP contribution in [0.4, 0.5) is 0 Å². The first kappa shape index (κ1) is 17.4.